The van der Waals surface area contributed by atoms with Crippen molar-refractivity contribution in [3.63, 3.8) is 0 Å². The third kappa shape index (κ3) is 2.17. The Hall–Kier alpha value is 0.0500. The number of rotatable bonds is 2. The van der Waals surface area contributed by atoms with Crippen molar-refractivity contribution < 1.29 is 0 Å². The van der Waals surface area contributed by atoms with Crippen LogP contribution in [0.25, 0.3) is 0 Å². The van der Waals surface area contributed by atoms with Gasteiger partial charge in [-0.05, 0) is 41.4 Å². The molecule has 14 heavy (non-hydrogen) atoms. The zero-order chi connectivity index (χ0) is 9.97. The fraction of sp³-hybridized carbons (Fsp3) is 0.500. The van der Waals surface area contributed by atoms with Crippen LogP contribution in [0.15, 0.2) is 28.7 Å². The highest BCUT2D eigenvalue weighted by Gasteiger charge is 2.24. The molecular weight excluding hydrogens is 256 g/mol. The van der Waals surface area contributed by atoms with E-state index in [-0.39, 0.29) is 0 Å². The molecule has 2 unspecified atom stereocenters. The highest BCUT2D eigenvalue weighted by molar-refractivity contribution is 9.10. The standard InChI is InChI=1S/C12H15BrS/c1-9(10-6-7-14-8-10)11-4-2-3-5-12(11)13/h2-5,9-10H,6-8H2,1H3. The highest BCUT2D eigenvalue weighted by atomic mass is 79.9. The molecule has 0 amide bonds. The van der Waals surface area contributed by atoms with Gasteiger partial charge in [0.15, 0.2) is 0 Å². The summed E-state index contributed by atoms with van der Waals surface area (Å²) >= 11 is 5.73. The van der Waals surface area contributed by atoms with Gasteiger partial charge in [-0.3, -0.25) is 0 Å². The second-order valence-electron chi connectivity index (χ2n) is 3.93. The lowest BCUT2D eigenvalue weighted by Crippen LogP contribution is -2.09. The molecule has 2 heteroatoms. The first-order valence-corrected chi connectivity index (χ1v) is 7.06. The minimum atomic E-state index is 0.695. The lowest BCUT2D eigenvalue weighted by atomic mass is 9.87. The van der Waals surface area contributed by atoms with E-state index in [1.807, 2.05) is 0 Å². The molecule has 0 N–H and O–H groups in total. The van der Waals surface area contributed by atoms with E-state index in [9.17, 15) is 0 Å². The molecule has 0 bridgehead atoms. The predicted octanol–water partition coefficient (Wildman–Crippen LogP) is 4.31. The maximum absolute atomic E-state index is 3.64. The van der Waals surface area contributed by atoms with Gasteiger partial charge in [-0.1, -0.05) is 41.1 Å². The summed E-state index contributed by atoms with van der Waals surface area (Å²) < 4.78 is 1.27. The molecule has 0 radical (unpaired) electrons. The number of halogens is 1. The first kappa shape index (κ1) is 10.6. The fourth-order valence-corrected chi connectivity index (χ4v) is 4.09. The maximum Gasteiger partial charge on any atom is 0.0210 e. The summed E-state index contributed by atoms with van der Waals surface area (Å²) in [5.41, 5.74) is 1.47. The first-order valence-electron chi connectivity index (χ1n) is 5.11. The summed E-state index contributed by atoms with van der Waals surface area (Å²) in [6.07, 6.45) is 1.38. The second kappa shape index (κ2) is 4.71. The SMILES string of the molecule is CC(c1ccccc1Br)C1CCSC1. The third-order valence-electron chi connectivity index (χ3n) is 3.07. The van der Waals surface area contributed by atoms with Crippen LogP contribution in [-0.2, 0) is 0 Å². The third-order valence-corrected chi connectivity index (χ3v) is 4.98. The molecule has 0 saturated carbocycles. The van der Waals surface area contributed by atoms with Crippen LogP contribution in [0.2, 0.25) is 0 Å². The fourth-order valence-electron chi connectivity index (χ4n) is 2.05. The van der Waals surface area contributed by atoms with Crippen LogP contribution in [0, 0.1) is 5.92 Å². The van der Waals surface area contributed by atoms with Gasteiger partial charge >= 0.3 is 0 Å². The largest absolute Gasteiger partial charge is 0.162 e. The van der Waals surface area contributed by atoms with Gasteiger partial charge in [0.1, 0.15) is 0 Å². The summed E-state index contributed by atoms with van der Waals surface area (Å²) in [5, 5.41) is 0. The van der Waals surface area contributed by atoms with E-state index < -0.39 is 0 Å². The van der Waals surface area contributed by atoms with Crippen LogP contribution in [0.4, 0.5) is 0 Å². The molecule has 2 atom stereocenters. The van der Waals surface area contributed by atoms with Gasteiger partial charge in [0.05, 0.1) is 0 Å². The first-order chi connectivity index (χ1) is 6.79. The second-order valence-corrected chi connectivity index (χ2v) is 5.94. The maximum atomic E-state index is 3.64. The molecule has 0 nitrogen and oxygen atoms in total. The van der Waals surface area contributed by atoms with E-state index in [2.05, 4.69) is 58.9 Å². The lowest BCUT2D eigenvalue weighted by molar-refractivity contribution is 0.499. The number of thioether (sulfide) groups is 1. The van der Waals surface area contributed by atoms with E-state index in [1.165, 1.54) is 28.0 Å². The summed E-state index contributed by atoms with van der Waals surface area (Å²) in [6, 6.07) is 8.62. The van der Waals surface area contributed by atoms with Crippen LogP contribution >= 0.6 is 27.7 Å². The molecule has 0 aliphatic carbocycles. The molecule has 1 aliphatic heterocycles. The van der Waals surface area contributed by atoms with Crippen molar-refractivity contribution in [1.82, 2.24) is 0 Å². The van der Waals surface area contributed by atoms with Crippen LogP contribution < -0.4 is 0 Å². The van der Waals surface area contributed by atoms with Crippen LogP contribution in [0.3, 0.4) is 0 Å². The van der Waals surface area contributed by atoms with Crippen LogP contribution in [0.1, 0.15) is 24.8 Å². The number of benzene rings is 1. The van der Waals surface area contributed by atoms with Crippen molar-refractivity contribution in [2.45, 2.75) is 19.3 Å². The van der Waals surface area contributed by atoms with Crippen molar-refractivity contribution in [2.24, 2.45) is 5.92 Å². The molecular formula is C12H15BrS. The van der Waals surface area contributed by atoms with Gasteiger partial charge in [0.25, 0.3) is 0 Å². The zero-order valence-electron chi connectivity index (χ0n) is 8.37. The Morgan fingerprint density at radius 1 is 1.43 bits per heavy atom. The Kier molecular flexibility index (Phi) is 3.56. The Morgan fingerprint density at radius 2 is 2.21 bits per heavy atom. The normalized spacial score (nSPS) is 23.7. The van der Waals surface area contributed by atoms with E-state index in [1.54, 1.807) is 0 Å². The smallest absolute Gasteiger partial charge is 0.0210 e. The summed E-state index contributed by atoms with van der Waals surface area (Å²) in [4.78, 5) is 0. The Morgan fingerprint density at radius 3 is 2.86 bits per heavy atom. The molecule has 1 fully saturated rings. The molecule has 76 valence electrons. The Labute approximate surface area is 98.6 Å². The lowest BCUT2D eigenvalue weighted by Gasteiger charge is -2.19. The molecule has 0 spiro atoms. The number of hydrogen-bond donors (Lipinski definition) is 0. The Bertz CT molecular complexity index is 305. The van der Waals surface area contributed by atoms with Gasteiger partial charge in [0.2, 0.25) is 0 Å². The quantitative estimate of drug-likeness (QED) is 0.772. The molecule has 0 aromatic heterocycles. The van der Waals surface area contributed by atoms with Crippen molar-refractivity contribution in [2.75, 3.05) is 11.5 Å². The van der Waals surface area contributed by atoms with E-state index in [4.69, 9.17) is 0 Å². The predicted molar refractivity (Wildman–Crippen MR) is 68.0 cm³/mol. The Balaban J connectivity index is 2.17. The van der Waals surface area contributed by atoms with E-state index in [0.29, 0.717) is 5.92 Å². The van der Waals surface area contributed by atoms with Crippen molar-refractivity contribution in [3.05, 3.63) is 34.3 Å². The average Bonchev–Trinajstić information content (AvgIpc) is 2.70. The van der Waals surface area contributed by atoms with E-state index in [0.717, 1.165) is 5.92 Å². The molecule has 2 rings (SSSR count). The molecule has 1 aromatic rings. The van der Waals surface area contributed by atoms with Gasteiger partial charge in [-0.2, -0.15) is 11.8 Å². The van der Waals surface area contributed by atoms with Crippen molar-refractivity contribution in [3.8, 4) is 0 Å². The summed E-state index contributed by atoms with van der Waals surface area (Å²) in [5.74, 6) is 4.25. The van der Waals surface area contributed by atoms with Crippen LogP contribution in [0.5, 0.6) is 0 Å². The zero-order valence-corrected chi connectivity index (χ0v) is 10.8. The molecule has 1 aliphatic rings. The highest BCUT2D eigenvalue weighted by Crippen LogP contribution is 2.37. The van der Waals surface area contributed by atoms with Crippen LogP contribution in [-0.4, -0.2) is 11.5 Å². The van der Waals surface area contributed by atoms with Gasteiger partial charge < -0.3 is 0 Å². The molecule has 1 heterocycles. The van der Waals surface area contributed by atoms with Crippen molar-refractivity contribution >= 4 is 27.7 Å². The minimum Gasteiger partial charge on any atom is -0.162 e. The molecule has 1 saturated heterocycles. The van der Waals surface area contributed by atoms with E-state index >= 15 is 0 Å². The van der Waals surface area contributed by atoms with Gasteiger partial charge in [-0.15, -0.1) is 0 Å². The monoisotopic (exact) mass is 270 g/mol. The van der Waals surface area contributed by atoms with Gasteiger partial charge in [0, 0.05) is 4.47 Å². The van der Waals surface area contributed by atoms with Crippen molar-refractivity contribution in [1.29, 1.82) is 0 Å². The molecule has 1 aromatic carbocycles. The minimum absolute atomic E-state index is 0.695. The summed E-state index contributed by atoms with van der Waals surface area (Å²) in [7, 11) is 0. The van der Waals surface area contributed by atoms with Gasteiger partial charge in [-0.25, -0.2) is 0 Å². The summed E-state index contributed by atoms with van der Waals surface area (Å²) in [6.45, 7) is 2.36. The topological polar surface area (TPSA) is 0 Å². The number of hydrogen-bond acceptors (Lipinski definition) is 1. The average molecular weight is 271 g/mol.